The van der Waals surface area contributed by atoms with E-state index in [-0.39, 0.29) is 0 Å². The lowest BCUT2D eigenvalue weighted by molar-refractivity contribution is 0.0861. The molecule has 6 atom stereocenters. The molecule has 3 aliphatic rings. The van der Waals surface area contributed by atoms with Gasteiger partial charge in [-0.1, -0.05) is 58.9 Å². The maximum absolute atomic E-state index is 10.1. The first-order valence-corrected chi connectivity index (χ1v) is 13.1. The second-order valence-corrected chi connectivity index (χ2v) is 13.3. The number of hydrogen-bond donors (Lipinski definition) is 2. The number of rotatable bonds is 5. The van der Waals surface area contributed by atoms with Gasteiger partial charge in [0.05, 0.1) is 12.2 Å². The first-order chi connectivity index (χ1) is 14.0. The Balaban J connectivity index is 1.70. The first kappa shape index (κ1) is 24.1. The lowest BCUT2D eigenvalue weighted by Crippen LogP contribution is -2.36. The summed E-state index contributed by atoms with van der Waals surface area (Å²) in [6.45, 7) is 16.1. The van der Waals surface area contributed by atoms with Crippen LogP contribution in [0.2, 0.25) is 0 Å². The quantitative estimate of drug-likeness (QED) is 0.509. The molecule has 30 heavy (non-hydrogen) atoms. The maximum atomic E-state index is 10.1. The molecule has 3 fully saturated rings. The summed E-state index contributed by atoms with van der Waals surface area (Å²) in [5, 5.41) is 20.2. The SMILES string of the molecule is C=C1/C(=C\C=C2/CCC[C@]3(C)C([C@H](C)CCSC(C)(C)C)CC[C@@H]23)C[C@@H](O)C[C@@H]1O. The molecule has 3 rings (SSSR count). The fraction of sp³-hybridized carbons (Fsp3) is 0.778. The average molecular weight is 433 g/mol. The molecule has 170 valence electrons. The van der Waals surface area contributed by atoms with Crippen LogP contribution < -0.4 is 0 Å². The monoisotopic (exact) mass is 432 g/mol. The van der Waals surface area contributed by atoms with Crippen molar-refractivity contribution in [1.82, 2.24) is 0 Å². The van der Waals surface area contributed by atoms with Crippen LogP contribution in [0.4, 0.5) is 0 Å². The molecule has 0 spiro atoms. The van der Waals surface area contributed by atoms with E-state index in [1.54, 1.807) is 5.57 Å². The average Bonchev–Trinajstić information content (AvgIpc) is 3.00. The highest BCUT2D eigenvalue weighted by Gasteiger charge is 2.50. The summed E-state index contributed by atoms with van der Waals surface area (Å²) in [5.74, 6) is 3.57. The van der Waals surface area contributed by atoms with Crippen molar-refractivity contribution in [3.8, 4) is 0 Å². The molecule has 0 bridgehead atoms. The van der Waals surface area contributed by atoms with Crippen LogP contribution in [0.25, 0.3) is 0 Å². The van der Waals surface area contributed by atoms with Crippen molar-refractivity contribution < 1.29 is 10.2 Å². The first-order valence-electron chi connectivity index (χ1n) is 12.1. The van der Waals surface area contributed by atoms with Gasteiger partial charge in [0.1, 0.15) is 0 Å². The summed E-state index contributed by atoms with van der Waals surface area (Å²) in [7, 11) is 0. The van der Waals surface area contributed by atoms with Crippen molar-refractivity contribution in [3.63, 3.8) is 0 Å². The van der Waals surface area contributed by atoms with Gasteiger partial charge in [0, 0.05) is 11.2 Å². The molecule has 0 aromatic rings. The van der Waals surface area contributed by atoms with Crippen LogP contribution in [0.1, 0.15) is 86.0 Å². The molecule has 2 nitrogen and oxygen atoms in total. The number of hydrogen-bond acceptors (Lipinski definition) is 3. The molecule has 0 amide bonds. The predicted octanol–water partition coefficient (Wildman–Crippen LogP) is 6.69. The highest BCUT2D eigenvalue weighted by molar-refractivity contribution is 8.00. The van der Waals surface area contributed by atoms with Gasteiger partial charge in [0.25, 0.3) is 0 Å². The molecule has 2 N–H and O–H groups in total. The smallest absolute Gasteiger partial charge is 0.0811 e. The van der Waals surface area contributed by atoms with Crippen LogP contribution >= 0.6 is 11.8 Å². The van der Waals surface area contributed by atoms with Gasteiger partial charge < -0.3 is 10.2 Å². The zero-order valence-corrected chi connectivity index (χ0v) is 20.7. The lowest BCUT2D eigenvalue weighted by Gasteiger charge is -2.44. The minimum atomic E-state index is -0.599. The summed E-state index contributed by atoms with van der Waals surface area (Å²) in [4.78, 5) is 0. The molecule has 0 heterocycles. The topological polar surface area (TPSA) is 40.5 Å². The molecular weight excluding hydrogens is 388 g/mol. The Morgan fingerprint density at radius 1 is 1.23 bits per heavy atom. The Morgan fingerprint density at radius 2 is 1.97 bits per heavy atom. The van der Waals surface area contributed by atoms with Gasteiger partial charge in [-0.2, -0.15) is 11.8 Å². The molecule has 3 saturated carbocycles. The Morgan fingerprint density at radius 3 is 2.67 bits per heavy atom. The van der Waals surface area contributed by atoms with E-state index in [9.17, 15) is 10.2 Å². The second kappa shape index (κ2) is 9.55. The second-order valence-electron chi connectivity index (χ2n) is 11.4. The number of fused-ring (bicyclic) bond motifs is 1. The van der Waals surface area contributed by atoms with E-state index in [0.29, 0.717) is 28.9 Å². The highest BCUT2D eigenvalue weighted by atomic mass is 32.2. The number of aliphatic hydroxyl groups is 2. The van der Waals surface area contributed by atoms with Crippen molar-refractivity contribution in [2.24, 2.45) is 23.2 Å². The predicted molar refractivity (Wildman–Crippen MR) is 131 cm³/mol. The fourth-order valence-electron chi connectivity index (χ4n) is 6.43. The van der Waals surface area contributed by atoms with Gasteiger partial charge in [-0.15, -0.1) is 0 Å². The van der Waals surface area contributed by atoms with Crippen LogP contribution in [-0.2, 0) is 0 Å². The normalized spacial score (nSPS) is 38.8. The van der Waals surface area contributed by atoms with Crippen molar-refractivity contribution in [2.45, 2.75) is 103 Å². The van der Waals surface area contributed by atoms with E-state index >= 15 is 0 Å². The van der Waals surface area contributed by atoms with Crippen molar-refractivity contribution >= 4 is 11.8 Å². The van der Waals surface area contributed by atoms with Gasteiger partial charge in [0.2, 0.25) is 0 Å². The summed E-state index contributed by atoms with van der Waals surface area (Å²) in [6.07, 6.45) is 12.3. The molecule has 0 aromatic carbocycles. The number of allylic oxidation sites excluding steroid dienone is 3. The van der Waals surface area contributed by atoms with E-state index in [4.69, 9.17) is 0 Å². The minimum Gasteiger partial charge on any atom is -0.393 e. The minimum absolute atomic E-state index is 0.361. The molecule has 0 radical (unpaired) electrons. The van der Waals surface area contributed by atoms with Crippen LogP contribution in [-0.4, -0.2) is 32.9 Å². The van der Waals surface area contributed by atoms with Gasteiger partial charge in [0.15, 0.2) is 0 Å². The fourth-order valence-corrected chi connectivity index (χ4v) is 7.53. The van der Waals surface area contributed by atoms with E-state index in [1.165, 1.54) is 44.3 Å². The van der Waals surface area contributed by atoms with Crippen LogP contribution in [0.3, 0.4) is 0 Å². The van der Waals surface area contributed by atoms with Crippen molar-refractivity contribution in [2.75, 3.05) is 5.75 Å². The standard InChI is InChI=1S/C27H44O2S/c1-18(13-15-30-26(3,4)5)23-11-12-24-20(8-7-14-27(23,24)6)9-10-21-16-22(28)17-25(29)19(21)2/h9-10,18,22-25,28-29H,2,7-8,11-17H2,1,3-6H3/b20-9+,21-10-/t18-,22-,23?,24+,25+,27-/m1/s1. The Kier molecular flexibility index (Phi) is 7.68. The summed E-state index contributed by atoms with van der Waals surface area (Å²) in [5.41, 5.74) is 3.85. The van der Waals surface area contributed by atoms with Gasteiger partial charge in [-0.05, 0) is 85.0 Å². The largest absolute Gasteiger partial charge is 0.393 e. The summed E-state index contributed by atoms with van der Waals surface area (Å²) < 4.78 is 0.361. The molecule has 1 unspecified atom stereocenters. The van der Waals surface area contributed by atoms with Gasteiger partial charge >= 0.3 is 0 Å². The zero-order chi connectivity index (χ0) is 22.1. The third-order valence-corrected chi connectivity index (χ3v) is 9.40. The lowest BCUT2D eigenvalue weighted by atomic mass is 9.61. The van der Waals surface area contributed by atoms with Crippen LogP contribution in [0.15, 0.2) is 35.5 Å². The molecule has 0 aliphatic heterocycles. The maximum Gasteiger partial charge on any atom is 0.0811 e. The van der Waals surface area contributed by atoms with Crippen LogP contribution in [0, 0.1) is 23.2 Å². The number of thioether (sulfide) groups is 1. The van der Waals surface area contributed by atoms with Crippen molar-refractivity contribution in [1.29, 1.82) is 0 Å². The van der Waals surface area contributed by atoms with Crippen LogP contribution in [0.5, 0.6) is 0 Å². The highest BCUT2D eigenvalue weighted by Crippen LogP contribution is 2.59. The molecular formula is C27H44O2S. The summed E-state index contributed by atoms with van der Waals surface area (Å²) in [6, 6.07) is 0. The molecule has 0 aromatic heterocycles. The van der Waals surface area contributed by atoms with Gasteiger partial charge in [-0.3, -0.25) is 0 Å². The molecule has 0 saturated heterocycles. The Bertz CT molecular complexity index is 685. The Labute approximate surface area is 189 Å². The van der Waals surface area contributed by atoms with Crippen molar-refractivity contribution in [3.05, 3.63) is 35.5 Å². The van der Waals surface area contributed by atoms with E-state index in [1.807, 2.05) is 0 Å². The number of aliphatic hydroxyl groups excluding tert-OH is 2. The zero-order valence-electron chi connectivity index (χ0n) is 19.9. The summed E-state index contributed by atoms with van der Waals surface area (Å²) >= 11 is 2.11. The van der Waals surface area contributed by atoms with E-state index in [2.05, 4.69) is 65.1 Å². The van der Waals surface area contributed by atoms with E-state index in [0.717, 1.165) is 23.0 Å². The molecule has 3 heteroatoms. The van der Waals surface area contributed by atoms with E-state index < -0.39 is 12.2 Å². The molecule has 3 aliphatic carbocycles. The Hall–Kier alpha value is -0.510. The van der Waals surface area contributed by atoms with Gasteiger partial charge in [-0.25, -0.2) is 0 Å². The third kappa shape index (κ3) is 5.45. The third-order valence-electron chi connectivity index (χ3n) is 8.10.